The summed E-state index contributed by atoms with van der Waals surface area (Å²) in [6, 6.07) is 0. The lowest BCUT2D eigenvalue weighted by molar-refractivity contribution is 1.10. The Kier molecular flexibility index (Phi) is 4.75. The number of aliphatic imine (C=N–C) groups is 1. The SMILES string of the molecule is C=C/C=C\n1cncc1/C(N)=C/C(=NC)NC. The number of allylic oxidation sites excluding steroid dienone is 2. The summed E-state index contributed by atoms with van der Waals surface area (Å²) < 4.78 is 1.82. The molecule has 1 rings (SSSR count). The van der Waals surface area contributed by atoms with Crippen LogP contribution in [0.5, 0.6) is 0 Å². The fourth-order valence-corrected chi connectivity index (χ4v) is 1.27. The van der Waals surface area contributed by atoms with Crippen molar-refractivity contribution in [2.24, 2.45) is 10.7 Å². The summed E-state index contributed by atoms with van der Waals surface area (Å²) in [6.45, 7) is 3.61. The van der Waals surface area contributed by atoms with Crippen LogP contribution in [0.4, 0.5) is 0 Å². The molecule has 0 atom stereocenters. The molecule has 1 heterocycles. The number of nitrogens with one attached hydrogen (secondary N) is 1. The van der Waals surface area contributed by atoms with Gasteiger partial charge in [0, 0.05) is 26.4 Å². The molecule has 0 fully saturated rings. The fourth-order valence-electron chi connectivity index (χ4n) is 1.27. The molecule has 3 N–H and O–H groups in total. The van der Waals surface area contributed by atoms with E-state index in [9.17, 15) is 0 Å². The van der Waals surface area contributed by atoms with Gasteiger partial charge in [-0.25, -0.2) is 4.98 Å². The predicted octanol–water partition coefficient (Wildman–Crippen LogP) is 1.09. The minimum atomic E-state index is 0.589. The van der Waals surface area contributed by atoms with Gasteiger partial charge in [-0.05, 0) is 6.08 Å². The molecule has 17 heavy (non-hydrogen) atoms. The Morgan fingerprint density at radius 1 is 1.65 bits per heavy atom. The number of nitrogens with two attached hydrogens (primary N) is 1. The predicted molar refractivity (Wildman–Crippen MR) is 72.3 cm³/mol. The first kappa shape index (κ1) is 12.8. The van der Waals surface area contributed by atoms with Crippen LogP contribution in [-0.2, 0) is 0 Å². The normalized spacial score (nSPS) is 13.1. The Balaban J connectivity index is 3.04. The lowest BCUT2D eigenvalue weighted by Gasteiger charge is -2.04. The van der Waals surface area contributed by atoms with E-state index in [0.29, 0.717) is 11.5 Å². The van der Waals surface area contributed by atoms with E-state index in [1.165, 1.54) is 0 Å². The topological polar surface area (TPSA) is 68.2 Å². The molecular weight excluding hydrogens is 214 g/mol. The van der Waals surface area contributed by atoms with Crippen LogP contribution < -0.4 is 11.1 Å². The maximum Gasteiger partial charge on any atom is 0.122 e. The van der Waals surface area contributed by atoms with Crippen LogP contribution in [0, 0.1) is 0 Å². The summed E-state index contributed by atoms with van der Waals surface area (Å²) in [5, 5.41) is 2.94. The second-order valence-electron chi connectivity index (χ2n) is 3.22. The number of likely N-dealkylation sites (N-methyl/N-ethyl adjacent to an activating group) is 1. The van der Waals surface area contributed by atoms with Gasteiger partial charge in [0.2, 0.25) is 0 Å². The molecule has 0 aliphatic rings. The van der Waals surface area contributed by atoms with Crippen LogP contribution in [0.3, 0.4) is 0 Å². The van der Waals surface area contributed by atoms with Crippen molar-refractivity contribution in [2.75, 3.05) is 14.1 Å². The molecule has 0 bridgehead atoms. The summed E-state index contributed by atoms with van der Waals surface area (Å²) in [6.07, 6.45) is 10.5. The Hall–Kier alpha value is -2.30. The molecular formula is C12H17N5. The van der Waals surface area contributed by atoms with Crippen LogP contribution in [0.15, 0.2) is 42.3 Å². The molecule has 0 saturated heterocycles. The van der Waals surface area contributed by atoms with Crippen LogP contribution in [0.25, 0.3) is 11.9 Å². The maximum atomic E-state index is 5.98. The zero-order chi connectivity index (χ0) is 12.7. The van der Waals surface area contributed by atoms with E-state index >= 15 is 0 Å². The van der Waals surface area contributed by atoms with E-state index in [0.717, 1.165) is 5.69 Å². The number of hydrogen-bond donors (Lipinski definition) is 2. The first-order chi connectivity index (χ1) is 8.22. The summed E-state index contributed by atoms with van der Waals surface area (Å²) in [7, 11) is 3.49. The van der Waals surface area contributed by atoms with Gasteiger partial charge in [-0.2, -0.15) is 0 Å². The molecule has 5 heteroatoms. The summed E-state index contributed by atoms with van der Waals surface area (Å²) in [4.78, 5) is 8.08. The lowest BCUT2D eigenvalue weighted by Crippen LogP contribution is -2.17. The van der Waals surface area contributed by atoms with Crippen molar-refractivity contribution in [2.45, 2.75) is 0 Å². The number of nitrogens with zero attached hydrogens (tertiary/aromatic N) is 3. The van der Waals surface area contributed by atoms with Gasteiger partial charge < -0.3 is 15.6 Å². The Morgan fingerprint density at radius 3 is 3.00 bits per heavy atom. The van der Waals surface area contributed by atoms with E-state index < -0.39 is 0 Å². The van der Waals surface area contributed by atoms with E-state index in [1.54, 1.807) is 38.8 Å². The second kappa shape index (κ2) is 6.32. The minimum absolute atomic E-state index is 0.589. The summed E-state index contributed by atoms with van der Waals surface area (Å²) >= 11 is 0. The molecule has 5 nitrogen and oxygen atoms in total. The first-order valence-corrected chi connectivity index (χ1v) is 5.16. The Bertz CT molecular complexity index is 465. The number of aromatic nitrogens is 2. The highest BCUT2D eigenvalue weighted by atomic mass is 15.0. The van der Waals surface area contributed by atoms with Crippen LogP contribution in [0.1, 0.15) is 5.69 Å². The molecule has 0 unspecified atom stereocenters. The Morgan fingerprint density at radius 2 is 2.41 bits per heavy atom. The van der Waals surface area contributed by atoms with Crippen molar-refractivity contribution in [3.05, 3.63) is 43.0 Å². The summed E-state index contributed by atoms with van der Waals surface area (Å²) in [5.41, 5.74) is 7.38. The van der Waals surface area contributed by atoms with Gasteiger partial charge in [0.15, 0.2) is 0 Å². The molecule has 1 aromatic heterocycles. The zero-order valence-corrected chi connectivity index (χ0v) is 10.1. The van der Waals surface area contributed by atoms with Crippen molar-refractivity contribution < 1.29 is 0 Å². The highest BCUT2D eigenvalue weighted by molar-refractivity contribution is 5.98. The largest absolute Gasteiger partial charge is 0.397 e. The molecule has 0 aliphatic heterocycles. The van der Waals surface area contributed by atoms with E-state index in [4.69, 9.17) is 5.73 Å². The average Bonchev–Trinajstić information content (AvgIpc) is 2.81. The average molecular weight is 231 g/mol. The lowest BCUT2D eigenvalue weighted by atomic mass is 10.3. The molecule has 0 saturated carbocycles. The van der Waals surface area contributed by atoms with Gasteiger partial charge in [-0.3, -0.25) is 4.99 Å². The number of amidine groups is 1. The number of imidazole rings is 1. The number of hydrogen-bond acceptors (Lipinski definition) is 3. The number of rotatable bonds is 4. The first-order valence-electron chi connectivity index (χ1n) is 5.16. The highest BCUT2D eigenvalue weighted by Crippen LogP contribution is 2.08. The van der Waals surface area contributed by atoms with E-state index in [1.807, 2.05) is 16.8 Å². The van der Waals surface area contributed by atoms with E-state index in [2.05, 4.69) is 21.9 Å². The van der Waals surface area contributed by atoms with E-state index in [-0.39, 0.29) is 0 Å². The van der Waals surface area contributed by atoms with Gasteiger partial charge in [-0.1, -0.05) is 12.7 Å². The molecule has 0 amide bonds. The van der Waals surface area contributed by atoms with Crippen molar-refractivity contribution in [3.8, 4) is 0 Å². The maximum absolute atomic E-state index is 5.98. The summed E-state index contributed by atoms with van der Waals surface area (Å²) in [5.74, 6) is 0.711. The second-order valence-corrected chi connectivity index (χ2v) is 3.22. The smallest absolute Gasteiger partial charge is 0.122 e. The van der Waals surface area contributed by atoms with Gasteiger partial charge in [-0.15, -0.1) is 0 Å². The zero-order valence-electron chi connectivity index (χ0n) is 10.1. The molecule has 0 spiro atoms. The van der Waals surface area contributed by atoms with Crippen molar-refractivity contribution in [1.29, 1.82) is 0 Å². The monoisotopic (exact) mass is 231 g/mol. The molecule has 0 radical (unpaired) electrons. The van der Waals surface area contributed by atoms with Gasteiger partial charge in [0.25, 0.3) is 0 Å². The third-order valence-electron chi connectivity index (χ3n) is 2.13. The third-order valence-corrected chi connectivity index (χ3v) is 2.13. The standard InChI is InChI=1S/C12H17N5/c1-4-5-6-17-9-16-8-11(17)10(13)7-12(14-2)15-3/h4-9H,1,13H2,2-3H3,(H,14,15)/b6-5-,10-7-. The molecule has 0 aromatic carbocycles. The van der Waals surface area contributed by atoms with Gasteiger partial charge in [0.05, 0.1) is 23.9 Å². The molecule has 90 valence electrons. The van der Waals surface area contributed by atoms with Crippen molar-refractivity contribution >= 4 is 17.7 Å². The quantitative estimate of drug-likeness (QED) is 0.463. The highest BCUT2D eigenvalue weighted by Gasteiger charge is 2.03. The third kappa shape index (κ3) is 3.34. The van der Waals surface area contributed by atoms with Gasteiger partial charge >= 0.3 is 0 Å². The minimum Gasteiger partial charge on any atom is -0.397 e. The molecule has 1 aromatic rings. The van der Waals surface area contributed by atoms with Crippen molar-refractivity contribution in [3.63, 3.8) is 0 Å². The van der Waals surface area contributed by atoms with Crippen LogP contribution in [0.2, 0.25) is 0 Å². The van der Waals surface area contributed by atoms with Crippen LogP contribution >= 0.6 is 0 Å². The van der Waals surface area contributed by atoms with Crippen LogP contribution in [-0.4, -0.2) is 29.5 Å². The Labute approximate surface area is 101 Å². The fraction of sp³-hybridized carbons (Fsp3) is 0.167. The van der Waals surface area contributed by atoms with Gasteiger partial charge in [0.1, 0.15) is 5.84 Å². The molecule has 0 aliphatic carbocycles. The van der Waals surface area contributed by atoms with Crippen molar-refractivity contribution in [1.82, 2.24) is 14.9 Å².